The Kier molecular flexibility index (Phi) is 6.42. The van der Waals surface area contributed by atoms with Gasteiger partial charge in [0.05, 0.1) is 17.4 Å². The monoisotopic (exact) mass is 391 g/mol. The third kappa shape index (κ3) is 4.29. The van der Waals surface area contributed by atoms with Gasteiger partial charge in [-0.2, -0.15) is 0 Å². The second kappa shape index (κ2) is 8.78. The van der Waals surface area contributed by atoms with Crippen molar-refractivity contribution in [3.05, 3.63) is 23.8 Å². The predicted molar refractivity (Wildman–Crippen MR) is 102 cm³/mol. The van der Waals surface area contributed by atoms with Crippen molar-refractivity contribution in [2.24, 2.45) is 5.92 Å². The molecule has 7 heteroatoms. The summed E-state index contributed by atoms with van der Waals surface area (Å²) in [5.41, 5.74) is 0.831. The highest BCUT2D eigenvalue weighted by atomic mass is 32.2. The number of hydrogen-bond donors (Lipinski definition) is 0. The van der Waals surface area contributed by atoms with Crippen LogP contribution in [0, 0.1) is 5.92 Å². The van der Waals surface area contributed by atoms with Crippen LogP contribution < -0.4 is 4.74 Å². The molecule has 146 valence electrons. The van der Waals surface area contributed by atoms with E-state index in [2.05, 4.69) is 0 Å². The van der Waals surface area contributed by atoms with Crippen LogP contribution in [0.5, 0.6) is 5.75 Å². The molecule has 6 nitrogen and oxygen atoms in total. The summed E-state index contributed by atoms with van der Waals surface area (Å²) in [5, 5.41) is 0. The molecule has 0 spiro atoms. The molecule has 1 saturated carbocycles. The first-order chi connectivity index (χ1) is 13.0. The normalized spacial score (nSPS) is 18.9. The van der Waals surface area contributed by atoms with E-state index in [1.165, 1.54) is 30.0 Å². The zero-order chi connectivity index (χ0) is 19.4. The van der Waals surface area contributed by atoms with Crippen molar-refractivity contribution in [1.29, 1.82) is 0 Å². The van der Waals surface area contributed by atoms with Crippen molar-refractivity contribution in [3.63, 3.8) is 0 Å². The average Bonchev–Trinajstić information content (AvgIpc) is 3.08. The summed E-state index contributed by atoms with van der Waals surface area (Å²) in [6.07, 6.45) is 6.57. The molecule has 1 saturated heterocycles. The zero-order valence-corrected chi connectivity index (χ0v) is 16.5. The average molecular weight is 391 g/mol. The molecule has 2 aliphatic rings. The van der Waals surface area contributed by atoms with E-state index in [-0.39, 0.29) is 18.4 Å². The molecular weight excluding hydrogens is 366 g/mol. The highest BCUT2D eigenvalue weighted by molar-refractivity contribution is 7.98. The van der Waals surface area contributed by atoms with Crippen LogP contribution in [0.1, 0.15) is 50.5 Å². The quantitative estimate of drug-likeness (QED) is 0.429. The molecule has 27 heavy (non-hydrogen) atoms. The van der Waals surface area contributed by atoms with Gasteiger partial charge in [-0.15, -0.1) is 11.8 Å². The van der Waals surface area contributed by atoms with E-state index in [1.54, 1.807) is 12.1 Å². The highest BCUT2D eigenvalue weighted by Crippen LogP contribution is 2.43. The van der Waals surface area contributed by atoms with Gasteiger partial charge in [-0.05, 0) is 36.6 Å². The Labute approximate surface area is 163 Å². The Morgan fingerprint density at radius 1 is 1.26 bits per heavy atom. The van der Waals surface area contributed by atoms with Crippen LogP contribution >= 0.6 is 11.8 Å². The minimum absolute atomic E-state index is 0.165. The van der Waals surface area contributed by atoms with Crippen LogP contribution in [0.3, 0.4) is 0 Å². The Bertz CT molecular complexity index is 729. The van der Waals surface area contributed by atoms with Gasteiger partial charge in [-0.3, -0.25) is 9.59 Å². The maximum absolute atomic E-state index is 13.4. The van der Waals surface area contributed by atoms with E-state index >= 15 is 0 Å². The number of thioether (sulfide) groups is 1. The van der Waals surface area contributed by atoms with Crippen molar-refractivity contribution < 1.29 is 23.9 Å². The molecule has 1 aliphatic carbocycles. The summed E-state index contributed by atoms with van der Waals surface area (Å²) in [6, 6.07) is 5.46. The fourth-order valence-corrected chi connectivity index (χ4v) is 4.79. The maximum atomic E-state index is 13.4. The topological polar surface area (TPSA) is 72.9 Å². The second-order valence-corrected chi connectivity index (χ2v) is 7.77. The lowest BCUT2D eigenvalue weighted by Gasteiger charge is -2.32. The van der Waals surface area contributed by atoms with Gasteiger partial charge in [0.2, 0.25) is 5.91 Å². The van der Waals surface area contributed by atoms with Crippen LogP contribution in [-0.4, -0.2) is 42.3 Å². The lowest BCUT2D eigenvalue weighted by molar-refractivity contribution is -0.132. The third-order valence-corrected chi connectivity index (χ3v) is 6.06. The van der Waals surface area contributed by atoms with E-state index in [0.29, 0.717) is 12.3 Å². The molecule has 2 fully saturated rings. The van der Waals surface area contributed by atoms with Gasteiger partial charge < -0.3 is 9.47 Å². The zero-order valence-electron chi connectivity index (χ0n) is 15.7. The van der Waals surface area contributed by atoms with Gasteiger partial charge in [0.15, 0.2) is 0 Å². The number of nitrogens with zero attached hydrogens (tertiary/aromatic N) is 1. The number of carbonyl (C=O) groups is 3. The van der Waals surface area contributed by atoms with E-state index in [1.807, 2.05) is 12.3 Å². The smallest absolute Gasteiger partial charge is 0.416 e. The highest BCUT2D eigenvalue weighted by Gasteiger charge is 2.40. The van der Waals surface area contributed by atoms with Crippen molar-refractivity contribution in [3.8, 4) is 5.75 Å². The molecule has 1 aromatic carbocycles. The molecule has 0 aromatic heterocycles. The SMILES string of the molecule is CSc1c(OC(C)=O)cccc1[C@H](C(=O)N1CCOC1=O)C1CCCCC1. The van der Waals surface area contributed by atoms with Crippen LogP contribution in [0.4, 0.5) is 4.79 Å². The first kappa shape index (κ1) is 19.7. The van der Waals surface area contributed by atoms with Gasteiger partial charge in [0.1, 0.15) is 12.4 Å². The number of carbonyl (C=O) groups excluding carboxylic acids is 3. The Morgan fingerprint density at radius 2 is 2.00 bits per heavy atom. The predicted octanol–water partition coefficient (Wildman–Crippen LogP) is 3.98. The lowest BCUT2D eigenvalue weighted by atomic mass is 9.76. The molecule has 1 atom stereocenters. The summed E-state index contributed by atoms with van der Waals surface area (Å²) in [6.45, 7) is 1.89. The number of rotatable bonds is 5. The Balaban J connectivity index is 2.03. The van der Waals surface area contributed by atoms with Crippen molar-refractivity contribution >= 4 is 29.7 Å². The largest absolute Gasteiger partial charge is 0.447 e. The van der Waals surface area contributed by atoms with Gasteiger partial charge >= 0.3 is 12.1 Å². The summed E-state index contributed by atoms with van der Waals surface area (Å²) < 4.78 is 10.3. The minimum atomic E-state index is -0.567. The standard InChI is InChI=1S/C20H25NO5S/c1-13(22)26-16-10-6-9-15(18(16)27-2)17(14-7-4-3-5-8-14)19(23)21-11-12-25-20(21)24/h6,9-10,14,17H,3-5,7-8,11-12H2,1-2H3/t17-/m1/s1. The summed E-state index contributed by atoms with van der Waals surface area (Å²) in [7, 11) is 0. The van der Waals surface area contributed by atoms with Crippen LogP contribution in [0.2, 0.25) is 0 Å². The van der Waals surface area contributed by atoms with Crippen LogP contribution in [-0.2, 0) is 14.3 Å². The number of benzene rings is 1. The van der Waals surface area contributed by atoms with Gasteiger partial charge in [0.25, 0.3) is 0 Å². The van der Waals surface area contributed by atoms with Crippen molar-refractivity contribution in [2.45, 2.75) is 49.8 Å². The first-order valence-electron chi connectivity index (χ1n) is 9.36. The lowest BCUT2D eigenvalue weighted by Crippen LogP contribution is -2.39. The molecule has 0 unspecified atom stereocenters. The molecule has 1 heterocycles. The third-order valence-electron chi connectivity index (χ3n) is 5.22. The van der Waals surface area contributed by atoms with Crippen LogP contribution in [0.15, 0.2) is 23.1 Å². The van der Waals surface area contributed by atoms with E-state index in [0.717, 1.165) is 36.1 Å². The Morgan fingerprint density at radius 3 is 2.59 bits per heavy atom. The molecule has 2 amide bonds. The molecule has 0 N–H and O–H groups in total. The molecule has 0 bridgehead atoms. The fourth-order valence-electron chi connectivity index (χ4n) is 4.05. The number of ether oxygens (including phenoxy) is 2. The number of hydrogen-bond acceptors (Lipinski definition) is 6. The van der Waals surface area contributed by atoms with Gasteiger partial charge in [-0.25, -0.2) is 9.69 Å². The Hall–Kier alpha value is -2.02. The van der Waals surface area contributed by atoms with Gasteiger partial charge in [0, 0.05) is 6.92 Å². The molecule has 0 radical (unpaired) electrons. The van der Waals surface area contributed by atoms with E-state index in [4.69, 9.17) is 9.47 Å². The summed E-state index contributed by atoms with van der Waals surface area (Å²) >= 11 is 1.45. The molecule has 1 aromatic rings. The van der Waals surface area contributed by atoms with E-state index in [9.17, 15) is 14.4 Å². The molecular formula is C20H25NO5S. The van der Waals surface area contributed by atoms with E-state index < -0.39 is 18.0 Å². The van der Waals surface area contributed by atoms with Gasteiger partial charge in [-0.1, -0.05) is 31.4 Å². The maximum Gasteiger partial charge on any atom is 0.416 e. The number of cyclic esters (lactones) is 1. The number of imide groups is 1. The van der Waals surface area contributed by atoms with Crippen LogP contribution in [0.25, 0.3) is 0 Å². The first-order valence-corrected chi connectivity index (χ1v) is 10.6. The van der Waals surface area contributed by atoms with Crippen molar-refractivity contribution in [2.75, 3.05) is 19.4 Å². The minimum Gasteiger partial charge on any atom is -0.447 e. The molecule has 3 rings (SSSR count). The fraction of sp³-hybridized carbons (Fsp3) is 0.550. The summed E-state index contributed by atoms with van der Waals surface area (Å²) in [4.78, 5) is 38.9. The number of esters is 1. The summed E-state index contributed by atoms with van der Waals surface area (Å²) in [5.74, 6) is -0.414. The second-order valence-electron chi connectivity index (χ2n) is 6.95. The molecule has 1 aliphatic heterocycles. The van der Waals surface area contributed by atoms with Crippen molar-refractivity contribution in [1.82, 2.24) is 4.90 Å². The number of amides is 2.